The van der Waals surface area contributed by atoms with E-state index in [1.807, 2.05) is 39.2 Å². The summed E-state index contributed by atoms with van der Waals surface area (Å²) in [6.07, 6.45) is 5.07. The van der Waals surface area contributed by atoms with Crippen molar-refractivity contribution >= 4 is 17.2 Å². The molecule has 1 saturated heterocycles. The van der Waals surface area contributed by atoms with E-state index in [1.165, 1.54) is 0 Å². The highest BCUT2D eigenvalue weighted by Crippen LogP contribution is 2.23. The highest BCUT2D eigenvalue weighted by Gasteiger charge is 2.22. The summed E-state index contributed by atoms with van der Waals surface area (Å²) in [7, 11) is 0. The first-order chi connectivity index (χ1) is 12.8. The van der Waals surface area contributed by atoms with Crippen LogP contribution in [0.15, 0.2) is 48.5 Å². The Labute approximate surface area is 155 Å². The zero-order chi connectivity index (χ0) is 17.8. The van der Waals surface area contributed by atoms with Gasteiger partial charge in [0.25, 0.3) is 5.91 Å². The van der Waals surface area contributed by atoms with Gasteiger partial charge in [-0.2, -0.15) is 5.10 Å². The van der Waals surface area contributed by atoms with Crippen molar-refractivity contribution in [2.24, 2.45) is 0 Å². The molecule has 4 rings (SSSR count). The molecule has 3 heterocycles. The van der Waals surface area contributed by atoms with Crippen LogP contribution in [0.1, 0.15) is 10.4 Å². The number of piperazine rings is 1. The summed E-state index contributed by atoms with van der Waals surface area (Å²) in [5, 5.41) is 7.01. The van der Waals surface area contributed by atoms with Crippen molar-refractivity contribution in [1.82, 2.24) is 29.5 Å². The van der Waals surface area contributed by atoms with Crippen LogP contribution in [0.5, 0.6) is 0 Å². The summed E-state index contributed by atoms with van der Waals surface area (Å²) in [5.74, 6) is 0.0966. The molecule has 0 bridgehead atoms. The lowest BCUT2D eigenvalue weighted by atomic mass is 10.1. The Morgan fingerprint density at radius 1 is 1.15 bits per heavy atom. The highest BCUT2D eigenvalue weighted by molar-refractivity contribution is 7.13. The van der Waals surface area contributed by atoms with Crippen LogP contribution in [0.3, 0.4) is 0 Å². The number of nitrogens with zero attached hydrogens (tertiary/aromatic N) is 6. The van der Waals surface area contributed by atoms with Crippen LogP contribution in [-0.2, 0) is 6.54 Å². The van der Waals surface area contributed by atoms with E-state index in [-0.39, 0.29) is 5.91 Å². The highest BCUT2D eigenvalue weighted by atomic mass is 32.1. The van der Waals surface area contributed by atoms with E-state index in [0.29, 0.717) is 0 Å². The van der Waals surface area contributed by atoms with Crippen LogP contribution in [0.4, 0.5) is 0 Å². The van der Waals surface area contributed by atoms with Gasteiger partial charge in [-0.25, -0.2) is 9.97 Å². The second kappa shape index (κ2) is 7.76. The van der Waals surface area contributed by atoms with Gasteiger partial charge in [0.15, 0.2) is 0 Å². The van der Waals surface area contributed by atoms with E-state index >= 15 is 0 Å². The van der Waals surface area contributed by atoms with Crippen molar-refractivity contribution in [2.75, 3.05) is 32.7 Å². The molecule has 7 nitrogen and oxygen atoms in total. The van der Waals surface area contributed by atoms with Crippen LogP contribution >= 0.6 is 11.3 Å². The van der Waals surface area contributed by atoms with Gasteiger partial charge in [-0.1, -0.05) is 12.1 Å². The number of carbonyl (C=O) groups is 1. The molecule has 1 fully saturated rings. The average molecular weight is 368 g/mol. The van der Waals surface area contributed by atoms with Crippen molar-refractivity contribution in [3.8, 4) is 10.6 Å². The molecule has 1 amide bonds. The van der Waals surface area contributed by atoms with Gasteiger partial charge in [0, 0.05) is 55.4 Å². The molecule has 2 aromatic heterocycles. The molecule has 1 aliphatic rings. The number of hydrogen-bond donors (Lipinski definition) is 0. The predicted molar refractivity (Wildman–Crippen MR) is 99.9 cm³/mol. The largest absolute Gasteiger partial charge is 0.336 e. The molecule has 1 aliphatic heterocycles. The molecule has 0 atom stereocenters. The Hall–Kier alpha value is -2.58. The smallest absolute Gasteiger partial charge is 0.253 e. The van der Waals surface area contributed by atoms with E-state index < -0.39 is 0 Å². The number of carbonyl (C=O) groups excluding carboxylic acids is 1. The van der Waals surface area contributed by atoms with Crippen molar-refractivity contribution in [3.63, 3.8) is 0 Å². The molecule has 134 valence electrons. The van der Waals surface area contributed by atoms with E-state index in [1.54, 1.807) is 30.2 Å². The molecule has 0 spiro atoms. The lowest BCUT2D eigenvalue weighted by molar-refractivity contribution is 0.0632. The van der Waals surface area contributed by atoms with E-state index in [2.05, 4.69) is 20.0 Å². The Morgan fingerprint density at radius 2 is 2.04 bits per heavy atom. The Morgan fingerprint density at radius 3 is 2.77 bits per heavy atom. The van der Waals surface area contributed by atoms with Gasteiger partial charge in [-0.15, -0.1) is 11.3 Å². The van der Waals surface area contributed by atoms with Crippen molar-refractivity contribution in [1.29, 1.82) is 0 Å². The van der Waals surface area contributed by atoms with Gasteiger partial charge in [0.05, 0.1) is 6.54 Å². The van der Waals surface area contributed by atoms with Crippen molar-refractivity contribution < 1.29 is 4.79 Å². The maximum Gasteiger partial charge on any atom is 0.253 e. The number of aromatic nitrogens is 4. The first kappa shape index (κ1) is 16.9. The maximum absolute atomic E-state index is 12.8. The molecule has 0 N–H and O–H groups in total. The van der Waals surface area contributed by atoms with Crippen molar-refractivity contribution in [3.05, 3.63) is 54.1 Å². The van der Waals surface area contributed by atoms with Crippen LogP contribution in [-0.4, -0.2) is 68.2 Å². The second-order valence-corrected chi connectivity index (χ2v) is 7.11. The third-order valence-electron chi connectivity index (χ3n) is 4.56. The number of hydrogen-bond acceptors (Lipinski definition) is 6. The van der Waals surface area contributed by atoms with Crippen LogP contribution in [0.25, 0.3) is 10.6 Å². The normalized spacial score (nSPS) is 15.3. The van der Waals surface area contributed by atoms with E-state index in [9.17, 15) is 4.79 Å². The third kappa shape index (κ3) is 3.81. The quantitative estimate of drug-likeness (QED) is 0.688. The molecular formula is C18H20N6OS. The molecule has 26 heavy (non-hydrogen) atoms. The van der Waals surface area contributed by atoms with Gasteiger partial charge in [0.1, 0.15) is 17.7 Å². The minimum absolute atomic E-state index is 0.0966. The summed E-state index contributed by atoms with van der Waals surface area (Å²) >= 11 is 1.58. The minimum atomic E-state index is 0.0966. The molecule has 8 heteroatoms. The first-order valence-electron chi connectivity index (χ1n) is 8.63. The number of amides is 1. The average Bonchev–Trinajstić information content (AvgIpc) is 3.40. The molecule has 0 radical (unpaired) electrons. The standard InChI is InChI=1S/C18H20N6OS/c25-18(16-3-1-2-15(12-16)17-20-4-11-26-17)23-8-5-22(6-9-23)7-10-24-14-19-13-21-24/h1-4,11-14H,5-10H2. The molecule has 0 unspecified atom stereocenters. The summed E-state index contributed by atoms with van der Waals surface area (Å²) < 4.78 is 1.83. The zero-order valence-corrected chi connectivity index (χ0v) is 15.2. The Bertz CT molecular complexity index is 840. The lowest BCUT2D eigenvalue weighted by Gasteiger charge is -2.34. The van der Waals surface area contributed by atoms with Gasteiger partial charge in [-0.3, -0.25) is 14.4 Å². The maximum atomic E-state index is 12.8. The number of rotatable bonds is 5. The molecule has 0 aliphatic carbocycles. The Balaban J connectivity index is 1.34. The third-order valence-corrected chi connectivity index (χ3v) is 5.38. The first-order valence-corrected chi connectivity index (χ1v) is 9.51. The van der Waals surface area contributed by atoms with Crippen LogP contribution in [0, 0.1) is 0 Å². The monoisotopic (exact) mass is 368 g/mol. The molecular weight excluding hydrogens is 348 g/mol. The molecule has 0 saturated carbocycles. The predicted octanol–water partition coefficient (Wildman–Crippen LogP) is 1.86. The van der Waals surface area contributed by atoms with E-state index in [0.717, 1.165) is 55.4 Å². The number of benzene rings is 1. The Kier molecular flexibility index (Phi) is 5.03. The van der Waals surface area contributed by atoms with Gasteiger partial charge < -0.3 is 4.90 Å². The molecule has 3 aromatic rings. The van der Waals surface area contributed by atoms with Gasteiger partial charge >= 0.3 is 0 Å². The molecule has 1 aromatic carbocycles. The second-order valence-electron chi connectivity index (χ2n) is 6.21. The van der Waals surface area contributed by atoms with Gasteiger partial charge in [0.2, 0.25) is 0 Å². The topological polar surface area (TPSA) is 67.2 Å². The van der Waals surface area contributed by atoms with Crippen LogP contribution < -0.4 is 0 Å². The SMILES string of the molecule is O=C(c1cccc(-c2nccs2)c1)N1CCN(CCn2cncn2)CC1. The van der Waals surface area contributed by atoms with Gasteiger partial charge in [-0.05, 0) is 12.1 Å². The lowest BCUT2D eigenvalue weighted by Crippen LogP contribution is -2.49. The summed E-state index contributed by atoms with van der Waals surface area (Å²) in [6.45, 7) is 5.00. The van der Waals surface area contributed by atoms with Crippen molar-refractivity contribution in [2.45, 2.75) is 6.54 Å². The fraction of sp³-hybridized carbons (Fsp3) is 0.333. The van der Waals surface area contributed by atoms with E-state index in [4.69, 9.17) is 0 Å². The summed E-state index contributed by atoms with van der Waals surface area (Å²) in [5.41, 5.74) is 1.73. The fourth-order valence-electron chi connectivity index (χ4n) is 3.10. The fourth-order valence-corrected chi connectivity index (χ4v) is 3.74. The summed E-state index contributed by atoms with van der Waals surface area (Å²) in [6, 6.07) is 7.75. The number of thiazole rings is 1. The zero-order valence-electron chi connectivity index (χ0n) is 14.4. The summed E-state index contributed by atoms with van der Waals surface area (Å²) in [4.78, 5) is 25.4. The minimum Gasteiger partial charge on any atom is -0.336 e. The van der Waals surface area contributed by atoms with Crippen LogP contribution in [0.2, 0.25) is 0 Å².